The summed E-state index contributed by atoms with van der Waals surface area (Å²) < 4.78 is 6.97. The molecule has 0 saturated carbocycles. The summed E-state index contributed by atoms with van der Waals surface area (Å²) in [5.74, 6) is 0.581. The van der Waals surface area contributed by atoms with Crippen molar-refractivity contribution in [3.05, 3.63) is 64.3 Å². The molecule has 0 bridgehead atoms. The van der Waals surface area contributed by atoms with Gasteiger partial charge in [-0.05, 0) is 25.1 Å². The van der Waals surface area contributed by atoms with Crippen molar-refractivity contribution in [2.75, 3.05) is 0 Å². The first-order chi connectivity index (χ1) is 12.1. The summed E-state index contributed by atoms with van der Waals surface area (Å²) in [4.78, 5) is 14.7. The Labute approximate surface area is 141 Å². The standard InChI is InChI=1S/C16H12N6O3/c1-10-2-4-13-11(6-10)3-5-14(18-13)16-20-19-15(25-16)9-21-8-12(7-17-21)22(23)24/h2-8H,9H2,1H3. The fourth-order valence-electron chi connectivity index (χ4n) is 2.46. The fraction of sp³-hybridized carbons (Fsp3) is 0.125. The van der Waals surface area contributed by atoms with Crippen LogP contribution in [0.4, 0.5) is 5.69 Å². The molecule has 0 aliphatic carbocycles. The van der Waals surface area contributed by atoms with E-state index in [4.69, 9.17) is 4.42 Å². The van der Waals surface area contributed by atoms with Crippen LogP contribution in [0.1, 0.15) is 11.5 Å². The minimum Gasteiger partial charge on any atom is -0.417 e. The Hall–Kier alpha value is -3.62. The van der Waals surface area contributed by atoms with E-state index in [0.717, 1.165) is 16.5 Å². The van der Waals surface area contributed by atoms with Crippen LogP contribution >= 0.6 is 0 Å². The number of hydrogen-bond donors (Lipinski definition) is 0. The predicted octanol–water partition coefficient (Wildman–Crippen LogP) is 2.75. The van der Waals surface area contributed by atoms with Gasteiger partial charge >= 0.3 is 5.69 Å². The molecule has 3 heterocycles. The van der Waals surface area contributed by atoms with Gasteiger partial charge in [0, 0.05) is 5.39 Å². The molecule has 124 valence electrons. The minimum atomic E-state index is -0.510. The van der Waals surface area contributed by atoms with Crippen LogP contribution in [0.5, 0.6) is 0 Å². The molecule has 0 saturated heterocycles. The van der Waals surface area contributed by atoms with Gasteiger partial charge in [0.2, 0.25) is 5.89 Å². The number of benzene rings is 1. The Morgan fingerprint density at radius 2 is 2.12 bits per heavy atom. The summed E-state index contributed by atoms with van der Waals surface area (Å²) in [7, 11) is 0. The van der Waals surface area contributed by atoms with Crippen molar-refractivity contribution in [1.82, 2.24) is 25.0 Å². The highest BCUT2D eigenvalue weighted by Gasteiger charge is 2.14. The molecule has 4 rings (SSSR count). The zero-order valence-corrected chi connectivity index (χ0v) is 13.2. The largest absolute Gasteiger partial charge is 0.417 e. The summed E-state index contributed by atoms with van der Waals surface area (Å²) in [6.07, 6.45) is 2.48. The maximum atomic E-state index is 10.7. The number of aromatic nitrogens is 5. The van der Waals surface area contributed by atoms with E-state index in [0.29, 0.717) is 17.5 Å². The molecule has 0 aliphatic rings. The number of pyridine rings is 1. The molecule has 0 atom stereocenters. The third-order valence-electron chi connectivity index (χ3n) is 3.66. The van der Waals surface area contributed by atoms with Crippen LogP contribution in [0.25, 0.3) is 22.5 Å². The van der Waals surface area contributed by atoms with Gasteiger partial charge in [-0.1, -0.05) is 17.7 Å². The zero-order chi connectivity index (χ0) is 17.4. The van der Waals surface area contributed by atoms with E-state index in [9.17, 15) is 10.1 Å². The first kappa shape index (κ1) is 14.9. The molecule has 4 aromatic rings. The topological polar surface area (TPSA) is 113 Å². The van der Waals surface area contributed by atoms with Gasteiger partial charge in [-0.2, -0.15) is 5.10 Å². The van der Waals surface area contributed by atoms with Crippen molar-refractivity contribution in [3.8, 4) is 11.6 Å². The lowest BCUT2D eigenvalue weighted by molar-refractivity contribution is -0.385. The Balaban J connectivity index is 1.60. The van der Waals surface area contributed by atoms with E-state index in [1.54, 1.807) is 0 Å². The highest BCUT2D eigenvalue weighted by molar-refractivity contribution is 5.81. The maximum Gasteiger partial charge on any atom is 0.307 e. The predicted molar refractivity (Wildman–Crippen MR) is 87.8 cm³/mol. The molecular formula is C16H12N6O3. The Morgan fingerprint density at radius 1 is 1.24 bits per heavy atom. The van der Waals surface area contributed by atoms with Gasteiger partial charge in [-0.3, -0.25) is 14.8 Å². The van der Waals surface area contributed by atoms with Gasteiger partial charge in [0.25, 0.3) is 5.89 Å². The first-order valence-electron chi connectivity index (χ1n) is 7.45. The van der Waals surface area contributed by atoms with Crippen LogP contribution in [0.3, 0.4) is 0 Å². The van der Waals surface area contributed by atoms with Crippen molar-refractivity contribution >= 4 is 16.6 Å². The number of aryl methyl sites for hydroxylation is 1. The smallest absolute Gasteiger partial charge is 0.307 e. The molecule has 0 spiro atoms. The summed E-state index contributed by atoms with van der Waals surface area (Å²) in [6.45, 7) is 2.17. The number of hydrogen-bond acceptors (Lipinski definition) is 7. The number of nitrogens with zero attached hydrogens (tertiary/aromatic N) is 6. The molecular weight excluding hydrogens is 324 g/mol. The molecule has 9 heteroatoms. The SMILES string of the molecule is Cc1ccc2nc(-c3nnc(Cn4cc([N+](=O)[O-])cn4)o3)ccc2c1. The van der Waals surface area contributed by atoms with Crippen molar-refractivity contribution in [3.63, 3.8) is 0 Å². The Bertz CT molecular complexity index is 1080. The number of nitro groups is 1. The zero-order valence-electron chi connectivity index (χ0n) is 13.2. The van der Waals surface area contributed by atoms with Gasteiger partial charge < -0.3 is 4.42 Å². The van der Waals surface area contributed by atoms with Crippen molar-refractivity contribution in [2.45, 2.75) is 13.5 Å². The van der Waals surface area contributed by atoms with Crippen molar-refractivity contribution in [1.29, 1.82) is 0 Å². The summed E-state index contributed by atoms with van der Waals surface area (Å²) in [5, 5.41) is 23.6. The quantitative estimate of drug-likeness (QED) is 0.416. The average Bonchev–Trinajstić information content (AvgIpc) is 3.24. The van der Waals surface area contributed by atoms with E-state index < -0.39 is 4.92 Å². The second-order valence-corrected chi connectivity index (χ2v) is 5.55. The van der Waals surface area contributed by atoms with Crippen molar-refractivity contribution in [2.24, 2.45) is 0 Å². The summed E-state index contributed by atoms with van der Waals surface area (Å²) in [6, 6.07) is 9.75. The fourth-order valence-corrected chi connectivity index (χ4v) is 2.46. The first-order valence-corrected chi connectivity index (χ1v) is 7.45. The molecule has 3 aromatic heterocycles. The molecule has 0 unspecified atom stereocenters. The van der Waals surface area contributed by atoms with Crippen LogP contribution < -0.4 is 0 Å². The molecule has 1 aromatic carbocycles. The number of fused-ring (bicyclic) bond motifs is 1. The van der Waals surface area contributed by atoms with Gasteiger partial charge in [0.15, 0.2) is 0 Å². The van der Waals surface area contributed by atoms with E-state index in [2.05, 4.69) is 26.3 Å². The Kier molecular flexibility index (Phi) is 3.46. The van der Waals surface area contributed by atoms with Gasteiger partial charge in [-0.15, -0.1) is 10.2 Å². The van der Waals surface area contributed by atoms with E-state index in [1.165, 1.54) is 17.1 Å². The lowest BCUT2D eigenvalue weighted by Crippen LogP contribution is -2.00. The molecule has 0 aliphatic heterocycles. The van der Waals surface area contributed by atoms with E-state index in [-0.39, 0.29) is 12.2 Å². The second kappa shape index (κ2) is 5.78. The molecule has 9 nitrogen and oxygen atoms in total. The maximum absolute atomic E-state index is 10.7. The highest BCUT2D eigenvalue weighted by Crippen LogP contribution is 2.21. The van der Waals surface area contributed by atoms with Gasteiger partial charge in [-0.25, -0.2) is 4.98 Å². The number of rotatable bonds is 4. The van der Waals surface area contributed by atoms with Gasteiger partial charge in [0.05, 0.1) is 10.4 Å². The molecule has 0 fully saturated rings. The third kappa shape index (κ3) is 2.94. The molecule has 0 radical (unpaired) electrons. The molecule has 0 N–H and O–H groups in total. The third-order valence-corrected chi connectivity index (χ3v) is 3.66. The lowest BCUT2D eigenvalue weighted by Gasteiger charge is -2.00. The van der Waals surface area contributed by atoms with Gasteiger partial charge in [0.1, 0.15) is 24.6 Å². The van der Waals surface area contributed by atoms with Crippen LogP contribution in [0.15, 0.2) is 47.1 Å². The van der Waals surface area contributed by atoms with Crippen LogP contribution in [-0.2, 0) is 6.54 Å². The van der Waals surface area contributed by atoms with E-state index in [1.807, 2.05) is 31.2 Å². The summed E-state index contributed by atoms with van der Waals surface area (Å²) >= 11 is 0. The minimum absolute atomic E-state index is 0.0915. The summed E-state index contributed by atoms with van der Waals surface area (Å²) in [5.41, 5.74) is 2.48. The van der Waals surface area contributed by atoms with Crippen molar-refractivity contribution < 1.29 is 9.34 Å². The average molecular weight is 336 g/mol. The molecule has 0 amide bonds. The van der Waals surface area contributed by atoms with E-state index >= 15 is 0 Å². The second-order valence-electron chi connectivity index (χ2n) is 5.55. The normalized spacial score (nSPS) is 11.1. The van der Waals surface area contributed by atoms with Crippen LogP contribution in [0.2, 0.25) is 0 Å². The van der Waals surface area contributed by atoms with Crippen LogP contribution in [0, 0.1) is 17.0 Å². The molecule has 25 heavy (non-hydrogen) atoms. The lowest BCUT2D eigenvalue weighted by atomic mass is 10.1. The monoisotopic (exact) mass is 336 g/mol. The van der Waals surface area contributed by atoms with Crippen LogP contribution in [-0.4, -0.2) is 29.9 Å². The highest BCUT2D eigenvalue weighted by atomic mass is 16.6. The Morgan fingerprint density at radius 3 is 2.92 bits per heavy atom.